The van der Waals surface area contributed by atoms with Gasteiger partial charge in [-0.2, -0.15) is 5.26 Å². The van der Waals surface area contributed by atoms with Crippen molar-refractivity contribution in [2.45, 2.75) is 40.0 Å². The highest BCUT2D eigenvalue weighted by Crippen LogP contribution is 2.23. The zero-order valence-corrected chi connectivity index (χ0v) is 12.4. The minimum absolute atomic E-state index is 0.198. The maximum absolute atomic E-state index is 8.94. The van der Waals surface area contributed by atoms with Crippen LogP contribution in [0.5, 0.6) is 5.75 Å². The number of nitrogens with one attached hydrogen (secondary N) is 1. The summed E-state index contributed by atoms with van der Waals surface area (Å²) in [5, 5.41) is 12.4. The van der Waals surface area contributed by atoms with E-state index >= 15 is 0 Å². The zero-order valence-electron chi connectivity index (χ0n) is 12.4. The molecule has 0 unspecified atom stereocenters. The predicted molar refractivity (Wildman–Crippen MR) is 79.5 cm³/mol. The fourth-order valence-corrected chi connectivity index (χ4v) is 1.93. The summed E-state index contributed by atoms with van der Waals surface area (Å²) < 4.78 is 5.18. The SMILES string of the molecule is COc1ccc(NCCCCC(C)(C)C#N)c(C)c1. The van der Waals surface area contributed by atoms with Crippen molar-refractivity contribution in [1.29, 1.82) is 5.26 Å². The Kier molecular flexibility index (Phi) is 5.69. The van der Waals surface area contributed by atoms with E-state index in [1.54, 1.807) is 7.11 Å². The van der Waals surface area contributed by atoms with Gasteiger partial charge in [-0.25, -0.2) is 0 Å². The molecule has 19 heavy (non-hydrogen) atoms. The second kappa shape index (κ2) is 7.04. The van der Waals surface area contributed by atoms with Crippen LogP contribution in [0.2, 0.25) is 0 Å². The predicted octanol–water partition coefficient (Wildman–Crippen LogP) is 4.14. The standard InChI is InChI=1S/C16H24N2O/c1-13-11-14(19-4)7-8-15(13)18-10-6-5-9-16(2,3)12-17/h7-8,11,18H,5-6,9-10H2,1-4H3. The van der Waals surface area contributed by atoms with Crippen LogP contribution in [-0.2, 0) is 0 Å². The summed E-state index contributed by atoms with van der Waals surface area (Å²) in [4.78, 5) is 0. The average Bonchev–Trinajstić information content (AvgIpc) is 2.39. The number of aryl methyl sites for hydroxylation is 1. The van der Waals surface area contributed by atoms with Crippen molar-refractivity contribution in [3.63, 3.8) is 0 Å². The third kappa shape index (κ3) is 5.21. The van der Waals surface area contributed by atoms with Gasteiger partial charge in [0, 0.05) is 12.2 Å². The molecule has 0 saturated carbocycles. The molecule has 1 aromatic carbocycles. The molecule has 3 heteroatoms. The number of methoxy groups -OCH3 is 1. The molecule has 0 saturated heterocycles. The highest BCUT2D eigenvalue weighted by molar-refractivity contribution is 5.53. The van der Waals surface area contributed by atoms with Gasteiger partial charge in [0.25, 0.3) is 0 Å². The van der Waals surface area contributed by atoms with Crippen LogP contribution >= 0.6 is 0 Å². The second-order valence-electron chi connectivity index (χ2n) is 5.56. The maximum atomic E-state index is 8.94. The normalized spacial score (nSPS) is 10.9. The first-order valence-electron chi connectivity index (χ1n) is 6.78. The summed E-state index contributed by atoms with van der Waals surface area (Å²) in [6, 6.07) is 8.38. The van der Waals surface area contributed by atoms with Crippen LogP contribution < -0.4 is 10.1 Å². The number of nitriles is 1. The largest absolute Gasteiger partial charge is 0.497 e. The van der Waals surface area contributed by atoms with E-state index in [0.717, 1.165) is 37.2 Å². The number of hydrogen-bond acceptors (Lipinski definition) is 3. The topological polar surface area (TPSA) is 45.0 Å². The van der Waals surface area contributed by atoms with Crippen molar-refractivity contribution in [2.75, 3.05) is 19.0 Å². The molecule has 0 aromatic heterocycles. The molecule has 3 nitrogen and oxygen atoms in total. The monoisotopic (exact) mass is 260 g/mol. The van der Waals surface area contributed by atoms with Gasteiger partial charge in [-0.05, 0) is 57.4 Å². The Balaban J connectivity index is 2.32. The van der Waals surface area contributed by atoms with Gasteiger partial charge >= 0.3 is 0 Å². The van der Waals surface area contributed by atoms with E-state index in [9.17, 15) is 0 Å². The highest BCUT2D eigenvalue weighted by Gasteiger charge is 2.15. The zero-order chi connectivity index (χ0) is 14.3. The van der Waals surface area contributed by atoms with Crippen LogP contribution in [0, 0.1) is 23.7 Å². The lowest BCUT2D eigenvalue weighted by Gasteiger charge is -2.15. The van der Waals surface area contributed by atoms with Gasteiger partial charge in [0.2, 0.25) is 0 Å². The number of rotatable bonds is 7. The third-order valence-corrected chi connectivity index (χ3v) is 3.28. The molecule has 0 amide bonds. The molecule has 0 bridgehead atoms. The molecule has 104 valence electrons. The summed E-state index contributed by atoms with van der Waals surface area (Å²) in [6.45, 7) is 7.00. The lowest BCUT2D eigenvalue weighted by molar-refractivity contribution is 0.414. The Morgan fingerprint density at radius 3 is 2.63 bits per heavy atom. The lowest BCUT2D eigenvalue weighted by Crippen LogP contribution is -2.09. The molecule has 0 aliphatic rings. The van der Waals surface area contributed by atoms with Gasteiger partial charge in [0.15, 0.2) is 0 Å². The van der Waals surface area contributed by atoms with Crippen LogP contribution in [0.1, 0.15) is 38.7 Å². The lowest BCUT2D eigenvalue weighted by atomic mass is 9.89. The van der Waals surface area contributed by atoms with E-state index in [-0.39, 0.29) is 5.41 Å². The van der Waals surface area contributed by atoms with Crippen molar-refractivity contribution >= 4 is 5.69 Å². The van der Waals surface area contributed by atoms with Crippen molar-refractivity contribution < 1.29 is 4.74 Å². The molecule has 1 rings (SSSR count). The Labute approximate surface area is 116 Å². The van der Waals surface area contributed by atoms with E-state index in [0.29, 0.717) is 0 Å². The number of ether oxygens (including phenoxy) is 1. The molecule has 0 aliphatic heterocycles. The number of hydrogen-bond donors (Lipinski definition) is 1. The van der Waals surface area contributed by atoms with Gasteiger partial charge in [0.1, 0.15) is 5.75 Å². The maximum Gasteiger partial charge on any atom is 0.119 e. The van der Waals surface area contributed by atoms with Gasteiger partial charge in [-0.1, -0.05) is 6.42 Å². The first kappa shape index (κ1) is 15.4. The van der Waals surface area contributed by atoms with Gasteiger partial charge in [-0.3, -0.25) is 0 Å². The fraction of sp³-hybridized carbons (Fsp3) is 0.562. The quantitative estimate of drug-likeness (QED) is 0.749. The van der Waals surface area contributed by atoms with Gasteiger partial charge in [-0.15, -0.1) is 0 Å². The Morgan fingerprint density at radius 2 is 2.05 bits per heavy atom. The Hall–Kier alpha value is -1.69. The van der Waals surface area contributed by atoms with Crippen LogP contribution in [0.15, 0.2) is 18.2 Å². The summed E-state index contributed by atoms with van der Waals surface area (Å²) in [5.74, 6) is 0.888. The van der Waals surface area contributed by atoms with E-state index in [1.807, 2.05) is 32.0 Å². The smallest absolute Gasteiger partial charge is 0.119 e. The van der Waals surface area contributed by atoms with Crippen molar-refractivity contribution in [2.24, 2.45) is 5.41 Å². The highest BCUT2D eigenvalue weighted by atomic mass is 16.5. The van der Waals surface area contributed by atoms with E-state index in [1.165, 1.54) is 5.56 Å². The molecule has 0 heterocycles. The number of benzene rings is 1. The summed E-state index contributed by atoms with van der Waals surface area (Å²) in [6.07, 6.45) is 3.10. The van der Waals surface area contributed by atoms with Crippen molar-refractivity contribution in [3.8, 4) is 11.8 Å². The minimum Gasteiger partial charge on any atom is -0.497 e. The van der Waals surface area contributed by atoms with Crippen LogP contribution in [0.3, 0.4) is 0 Å². The molecule has 0 radical (unpaired) electrons. The first-order chi connectivity index (χ1) is 8.98. The van der Waals surface area contributed by atoms with E-state index < -0.39 is 0 Å². The van der Waals surface area contributed by atoms with Crippen molar-refractivity contribution in [1.82, 2.24) is 0 Å². The Bertz CT molecular complexity index is 447. The summed E-state index contributed by atoms with van der Waals surface area (Å²) in [7, 11) is 1.68. The molecular formula is C16H24N2O. The van der Waals surface area contributed by atoms with Gasteiger partial charge < -0.3 is 10.1 Å². The molecule has 1 aromatic rings. The Morgan fingerprint density at radius 1 is 1.32 bits per heavy atom. The van der Waals surface area contributed by atoms with E-state index in [2.05, 4.69) is 18.3 Å². The van der Waals surface area contributed by atoms with Crippen LogP contribution in [0.4, 0.5) is 5.69 Å². The molecule has 0 atom stereocenters. The first-order valence-corrected chi connectivity index (χ1v) is 6.78. The molecule has 1 N–H and O–H groups in total. The number of unbranched alkanes of at least 4 members (excludes halogenated alkanes) is 1. The third-order valence-electron chi connectivity index (χ3n) is 3.28. The minimum atomic E-state index is -0.198. The fourth-order valence-electron chi connectivity index (χ4n) is 1.93. The van der Waals surface area contributed by atoms with Crippen LogP contribution in [0.25, 0.3) is 0 Å². The second-order valence-corrected chi connectivity index (χ2v) is 5.56. The molecular weight excluding hydrogens is 236 g/mol. The van der Waals surface area contributed by atoms with E-state index in [4.69, 9.17) is 10.00 Å². The van der Waals surface area contributed by atoms with Crippen LogP contribution in [-0.4, -0.2) is 13.7 Å². The van der Waals surface area contributed by atoms with Crippen molar-refractivity contribution in [3.05, 3.63) is 23.8 Å². The number of anilines is 1. The molecule has 0 spiro atoms. The summed E-state index contributed by atoms with van der Waals surface area (Å²) in [5.41, 5.74) is 2.15. The average molecular weight is 260 g/mol. The summed E-state index contributed by atoms with van der Waals surface area (Å²) >= 11 is 0. The van der Waals surface area contributed by atoms with Gasteiger partial charge in [0.05, 0.1) is 18.6 Å². The molecule has 0 aliphatic carbocycles. The molecule has 0 fully saturated rings. The number of nitrogens with zero attached hydrogens (tertiary/aromatic N) is 1.